The third-order valence-corrected chi connectivity index (χ3v) is 2.67. The maximum absolute atomic E-state index is 11.3. The van der Waals surface area contributed by atoms with E-state index in [9.17, 15) is 9.90 Å². The molecule has 2 atom stereocenters. The van der Waals surface area contributed by atoms with Crippen LogP contribution in [-0.2, 0) is 9.53 Å². The topological polar surface area (TPSA) is 46.5 Å². The molecule has 1 aromatic rings. The summed E-state index contributed by atoms with van der Waals surface area (Å²) in [5, 5.41) is 9.24. The van der Waals surface area contributed by atoms with Crippen LogP contribution in [0.2, 0.25) is 5.02 Å². The largest absolute Gasteiger partial charge is 0.465 e. The van der Waals surface area contributed by atoms with Gasteiger partial charge in [-0.15, -0.1) is 11.6 Å². The minimum Gasteiger partial charge on any atom is -0.465 e. The first-order valence-corrected chi connectivity index (χ1v) is 5.62. The van der Waals surface area contributed by atoms with Crippen LogP contribution >= 0.6 is 23.2 Å². The van der Waals surface area contributed by atoms with Crippen LogP contribution in [0.1, 0.15) is 18.6 Å². The van der Waals surface area contributed by atoms with Gasteiger partial charge in [-0.05, 0) is 24.6 Å². The molecule has 1 aromatic carbocycles. The van der Waals surface area contributed by atoms with Gasteiger partial charge in [0.2, 0.25) is 0 Å². The summed E-state index contributed by atoms with van der Waals surface area (Å²) in [6, 6.07) is 6.47. The fourth-order valence-corrected chi connectivity index (χ4v) is 1.51. The van der Waals surface area contributed by atoms with Crippen LogP contribution in [0.5, 0.6) is 0 Å². The Kier molecular flexibility index (Phi) is 5.06. The van der Waals surface area contributed by atoms with E-state index in [2.05, 4.69) is 0 Å². The Morgan fingerprint density at radius 1 is 1.44 bits per heavy atom. The number of halogens is 2. The summed E-state index contributed by atoms with van der Waals surface area (Å²) in [4.78, 5) is 11.3. The summed E-state index contributed by atoms with van der Waals surface area (Å²) in [5.41, 5.74) is 0.525. The van der Waals surface area contributed by atoms with Gasteiger partial charge in [-0.1, -0.05) is 23.7 Å². The molecule has 0 saturated carbocycles. The van der Waals surface area contributed by atoms with Crippen LogP contribution in [-0.4, -0.2) is 23.1 Å². The molecule has 0 fully saturated rings. The molecule has 1 N–H and O–H groups in total. The highest BCUT2D eigenvalue weighted by molar-refractivity contribution is 6.31. The van der Waals surface area contributed by atoms with Crippen LogP contribution in [0, 0.1) is 0 Å². The second-order valence-corrected chi connectivity index (χ2v) is 4.06. The number of carbonyl (C=O) groups is 1. The predicted molar refractivity (Wildman–Crippen MR) is 62.7 cm³/mol. The van der Waals surface area contributed by atoms with Gasteiger partial charge in [0.05, 0.1) is 6.61 Å². The van der Waals surface area contributed by atoms with Crippen molar-refractivity contribution in [3.63, 3.8) is 0 Å². The minimum absolute atomic E-state index is 0.232. The van der Waals surface area contributed by atoms with Crippen LogP contribution in [0.15, 0.2) is 24.3 Å². The first-order valence-electron chi connectivity index (χ1n) is 4.80. The van der Waals surface area contributed by atoms with Gasteiger partial charge < -0.3 is 9.84 Å². The summed E-state index contributed by atoms with van der Waals surface area (Å²) in [7, 11) is 0. The molecule has 1 rings (SSSR count). The molecule has 0 aliphatic heterocycles. The Balaban J connectivity index is 2.73. The zero-order valence-electron chi connectivity index (χ0n) is 8.69. The van der Waals surface area contributed by atoms with Crippen LogP contribution < -0.4 is 0 Å². The fraction of sp³-hybridized carbons (Fsp3) is 0.364. The zero-order chi connectivity index (χ0) is 12.1. The predicted octanol–water partition coefficient (Wildman–Crippen LogP) is 2.54. The molecule has 3 nitrogen and oxygen atoms in total. The fourth-order valence-electron chi connectivity index (χ4n) is 1.18. The van der Waals surface area contributed by atoms with Gasteiger partial charge in [0, 0.05) is 5.02 Å². The molecule has 0 spiro atoms. The second-order valence-electron chi connectivity index (χ2n) is 3.15. The number of aliphatic hydroxyl groups excluding tert-OH is 1. The minimum atomic E-state index is -1.11. The molecule has 0 aliphatic rings. The summed E-state index contributed by atoms with van der Waals surface area (Å²) < 4.78 is 4.71. The van der Waals surface area contributed by atoms with Crippen LogP contribution in [0.25, 0.3) is 0 Å². The van der Waals surface area contributed by atoms with E-state index >= 15 is 0 Å². The SMILES string of the molecule is CCOC(=O)[C@H](Cl)[C@H](O)c1ccc(Cl)cc1. The van der Waals surface area contributed by atoms with Crippen molar-refractivity contribution in [1.82, 2.24) is 0 Å². The number of rotatable bonds is 4. The van der Waals surface area contributed by atoms with E-state index < -0.39 is 17.5 Å². The van der Waals surface area contributed by atoms with Crippen molar-refractivity contribution in [3.05, 3.63) is 34.9 Å². The van der Waals surface area contributed by atoms with E-state index in [1.54, 1.807) is 31.2 Å². The molecule has 0 aliphatic carbocycles. The van der Waals surface area contributed by atoms with Gasteiger partial charge in [-0.25, -0.2) is 0 Å². The van der Waals surface area contributed by atoms with Crippen molar-refractivity contribution in [2.24, 2.45) is 0 Å². The van der Waals surface area contributed by atoms with Crippen molar-refractivity contribution < 1.29 is 14.6 Å². The number of carbonyl (C=O) groups excluding carboxylic acids is 1. The Morgan fingerprint density at radius 3 is 2.50 bits per heavy atom. The van der Waals surface area contributed by atoms with Gasteiger partial charge in [-0.3, -0.25) is 4.79 Å². The Labute approximate surface area is 104 Å². The molecule has 0 aromatic heterocycles. The normalized spacial score (nSPS) is 14.2. The van der Waals surface area contributed by atoms with Gasteiger partial charge >= 0.3 is 5.97 Å². The van der Waals surface area contributed by atoms with E-state index in [4.69, 9.17) is 27.9 Å². The molecular formula is C11H12Cl2O3. The third-order valence-electron chi connectivity index (χ3n) is 2.00. The lowest BCUT2D eigenvalue weighted by molar-refractivity contribution is -0.144. The standard InChI is InChI=1S/C11H12Cl2O3/c1-2-16-11(15)9(13)10(14)7-3-5-8(12)6-4-7/h3-6,9-10,14H,2H2,1H3/t9-,10-/m1/s1. The summed E-state index contributed by atoms with van der Waals surface area (Å²) in [6.07, 6.45) is -1.10. The average molecular weight is 263 g/mol. The second kappa shape index (κ2) is 6.09. The number of aliphatic hydroxyl groups is 1. The van der Waals surface area contributed by atoms with Crippen molar-refractivity contribution in [3.8, 4) is 0 Å². The van der Waals surface area contributed by atoms with Crippen LogP contribution in [0.3, 0.4) is 0 Å². The highest BCUT2D eigenvalue weighted by Crippen LogP contribution is 2.23. The third kappa shape index (κ3) is 3.37. The summed E-state index contributed by atoms with van der Waals surface area (Å²) in [5.74, 6) is -0.633. The smallest absolute Gasteiger partial charge is 0.327 e. The van der Waals surface area contributed by atoms with Crippen molar-refractivity contribution in [1.29, 1.82) is 0 Å². The molecule has 0 radical (unpaired) electrons. The van der Waals surface area contributed by atoms with Gasteiger partial charge in [0.1, 0.15) is 6.10 Å². The average Bonchev–Trinajstić information content (AvgIpc) is 2.28. The monoisotopic (exact) mass is 262 g/mol. The maximum Gasteiger partial charge on any atom is 0.327 e. The number of hydrogen-bond donors (Lipinski definition) is 1. The quantitative estimate of drug-likeness (QED) is 0.670. The molecule has 16 heavy (non-hydrogen) atoms. The molecule has 0 amide bonds. The van der Waals surface area contributed by atoms with Crippen molar-refractivity contribution in [2.75, 3.05) is 6.61 Å². The number of esters is 1. The van der Waals surface area contributed by atoms with Crippen LogP contribution in [0.4, 0.5) is 0 Å². The van der Waals surface area contributed by atoms with E-state index in [0.29, 0.717) is 10.6 Å². The molecule has 0 saturated heterocycles. The molecule has 0 bridgehead atoms. The molecule has 5 heteroatoms. The highest BCUT2D eigenvalue weighted by Gasteiger charge is 2.26. The lowest BCUT2D eigenvalue weighted by Crippen LogP contribution is -2.25. The lowest BCUT2D eigenvalue weighted by Gasteiger charge is -2.15. The number of hydrogen-bond acceptors (Lipinski definition) is 3. The van der Waals surface area contributed by atoms with E-state index in [0.717, 1.165) is 0 Å². The number of alkyl halides is 1. The first kappa shape index (κ1) is 13.3. The highest BCUT2D eigenvalue weighted by atomic mass is 35.5. The van der Waals surface area contributed by atoms with Gasteiger partial charge in [-0.2, -0.15) is 0 Å². The number of benzene rings is 1. The lowest BCUT2D eigenvalue weighted by atomic mass is 10.1. The molecule has 0 heterocycles. The molecular weight excluding hydrogens is 251 g/mol. The number of ether oxygens (including phenoxy) is 1. The van der Waals surface area contributed by atoms with Crippen molar-refractivity contribution in [2.45, 2.75) is 18.4 Å². The molecule has 88 valence electrons. The van der Waals surface area contributed by atoms with E-state index in [1.807, 2.05) is 0 Å². The summed E-state index contributed by atoms with van der Waals surface area (Å²) in [6.45, 7) is 1.91. The Hall–Kier alpha value is -0.770. The zero-order valence-corrected chi connectivity index (χ0v) is 10.2. The summed E-state index contributed by atoms with van der Waals surface area (Å²) >= 11 is 11.5. The maximum atomic E-state index is 11.3. The molecule has 0 unspecified atom stereocenters. The van der Waals surface area contributed by atoms with E-state index in [1.165, 1.54) is 0 Å². The van der Waals surface area contributed by atoms with Crippen molar-refractivity contribution >= 4 is 29.2 Å². The Morgan fingerprint density at radius 2 is 2.00 bits per heavy atom. The Bertz CT molecular complexity index is 351. The first-order chi connectivity index (χ1) is 7.56. The van der Waals surface area contributed by atoms with E-state index in [-0.39, 0.29) is 6.61 Å². The van der Waals surface area contributed by atoms with Gasteiger partial charge in [0.25, 0.3) is 0 Å². The van der Waals surface area contributed by atoms with Gasteiger partial charge in [0.15, 0.2) is 5.38 Å².